The molecule has 128 valence electrons. The summed E-state index contributed by atoms with van der Waals surface area (Å²) in [6, 6.07) is 6.14. The molecule has 0 unspecified atom stereocenters. The van der Waals surface area contributed by atoms with Gasteiger partial charge in [0.05, 0.1) is 13.2 Å². The number of hydrogen-bond acceptors (Lipinski definition) is 6. The minimum absolute atomic E-state index is 0.138. The highest BCUT2D eigenvalue weighted by Crippen LogP contribution is 2.29. The molecule has 1 aliphatic carbocycles. The SMILES string of the molecule is COC(=O)Nc1cccc(OS(=O)(=O)[C@@H]2CCCC[C@@H]2OC)c1. The maximum Gasteiger partial charge on any atom is 0.411 e. The molecule has 1 aliphatic rings. The highest BCUT2D eigenvalue weighted by Gasteiger charge is 2.37. The van der Waals surface area contributed by atoms with E-state index in [-0.39, 0.29) is 11.9 Å². The number of carbonyl (C=O) groups is 1. The van der Waals surface area contributed by atoms with E-state index in [1.807, 2.05) is 0 Å². The second-order valence-electron chi connectivity index (χ2n) is 5.32. The Kier molecular flexibility index (Phi) is 5.84. The van der Waals surface area contributed by atoms with Gasteiger partial charge in [0.15, 0.2) is 0 Å². The minimum atomic E-state index is -3.82. The van der Waals surface area contributed by atoms with E-state index in [1.54, 1.807) is 12.1 Å². The molecule has 2 rings (SSSR count). The summed E-state index contributed by atoms with van der Waals surface area (Å²) in [5, 5.41) is 1.77. The molecule has 0 bridgehead atoms. The lowest BCUT2D eigenvalue weighted by molar-refractivity contribution is 0.0719. The average Bonchev–Trinajstić information content (AvgIpc) is 2.54. The van der Waals surface area contributed by atoms with Crippen molar-refractivity contribution in [2.75, 3.05) is 19.5 Å². The van der Waals surface area contributed by atoms with Crippen LogP contribution in [0.25, 0.3) is 0 Å². The molecule has 1 aromatic carbocycles. The maximum atomic E-state index is 12.5. The number of methoxy groups -OCH3 is 2. The number of ether oxygens (including phenoxy) is 2. The number of nitrogens with one attached hydrogen (secondary N) is 1. The van der Waals surface area contributed by atoms with Crippen molar-refractivity contribution in [3.63, 3.8) is 0 Å². The van der Waals surface area contributed by atoms with Gasteiger partial charge in [0.25, 0.3) is 0 Å². The largest absolute Gasteiger partial charge is 0.453 e. The molecule has 7 nitrogen and oxygen atoms in total. The third-order valence-corrected chi connectivity index (χ3v) is 5.50. The van der Waals surface area contributed by atoms with Crippen molar-refractivity contribution in [3.05, 3.63) is 24.3 Å². The highest BCUT2D eigenvalue weighted by molar-refractivity contribution is 7.87. The van der Waals surface area contributed by atoms with Gasteiger partial charge in [-0.1, -0.05) is 18.9 Å². The van der Waals surface area contributed by atoms with Crippen LogP contribution in [0.15, 0.2) is 24.3 Å². The molecule has 8 heteroatoms. The fraction of sp³-hybridized carbons (Fsp3) is 0.533. The molecule has 1 saturated carbocycles. The molecule has 0 radical (unpaired) electrons. The van der Waals surface area contributed by atoms with Crippen molar-refractivity contribution in [1.29, 1.82) is 0 Å². The molecule has 0 heterocycles. The Morgan fingerprint density at radius 2 is 1.96 bits per heavy atom. The molecule has 2 atom stereocenters. The summed E-state index contributed by atoms with van der Waals surface area (Å²) in [7, 11) is -1.06. The van der Waals surface area contributed by atoms with Crippen LogP contribution in [0, 0.1) is 0 Å². The van der Waals surface area contributed by atoms with E-state index in [0.29, 0.717) is 18.5 Å². The van der Waals surface area contributed by atoms with Crippen molar-refractivity contribution in [3.8, 4) is 5.75 Å². The first kappa shape index (κ1) is 17.6. The van der Waals surface area contributed by atoms with E-state index < -0.39 is 21.5 Å². The minimum Gasteiger partial charge on any atom is -0.453 e. The molecular formula is C15H21NO6S. The molecule has 0 aromatic heterocycles. The molecule has 0 aliphatic heterocycles. The Morgan fingerprint density at radius 1 is 1.22 bits per heavy atom. The average molecular weight is 343 g/mol. The van der Waals surface area contributed by atoms with Crippen LogP contribution in [-0.2, 0) is 19.6 Å². The molecule has 1 N–H and O–H groups in total. The van der Waals surface area contributed by atoms with Gasteiger partial charge in [-0.25, -0.2) is 4.79 Å². The molecule has 1 fully saturated rings. The van der Waals surface area contributed by atoms with Gasteiger partial charge in [-0.05, 0) is 25.0 Å². The van der Waals surface area contributed by atoms with Crippen molar-refractivity contribution in [1.82, 2.24) is 0 Å². The third kappa shape index (κ3) is 4.59. The van der Waals surface area contributed by atoms with E-state index >= 15 is 0 Å². The van der Waals surface area contributed by atoms with E-state index in [9.17, 15) is 13.2 Å². The first-order valence-electron chi connectivity index (χ1n) is 7.37. The van der Waals surface area contributed by atoms with Crippen molar-refractivity contribution in [2.45, 2.75) is 37.0 Å². The van der Waals surface area contributed by atoms with Crippen molar-refractivity contribution >= 4 is 21.9 Å². The summed E-state index contributed by atoms with van der Waals surface area (Å²) < 4.78 is 40.0. The number of anilines is 1. The van der Waals surface area contributed by atoms with Gasteiger partial charge < -0.3 is 13.7 Å². The predicted molar refractivity (Wildman–Crippen MR) is 85.1 cm³/mol. The lowest BCUT2D eigenvalue weighted by Gasteiger charge is -2.29. The van der Waals surface area contributed by atoms with Gasteiger partial charge >= 0.3 is 16.2 Å². The van der Waals surface area contributed by atoms with Gasteiger partial charge in [0.1, 0.15) is 11.0 Å². The van der Waals surface area contributed by atoms with Crippen LogP contribution in [0.1, 0.15) is 25.7 Å². The van der Waals surface area contributed by atoms with E-state index in [1.165, 1.54) is 26.4 Å². The van der Waals surface area contributed by atoms with Gasteiger partial charge in [-0.15, -0.1) is 0 Å². The van der Waals surface area contributed by atoms with Crippen LogP contribution in [0.2, 0.25) is 0 Å². The Balaban J connectivity index is 2.13. The Labute approximate surface area is 136 Å². The van der Waals surface area contributed by atoms with Crippen LogP contribution in [-0.4, -0.2) is 40.1 Å². The second-order valence-corrected chi connectivity index (χ2v) is 7.08. The van der Waals surface area contributed by atoms with Crippen LogP contribution in [0.3, 0.4) is 0 Å². The fourth-order valence-corrected chi connectivity index (χ4v) is 4.22. The highest BCUT2D eigenvalue weighted by atomic mass is 32.2. The number of rotatable bonds is 5. The molecule has 1 aromatic rings. The number of hydrogen-bond donors (Lipinski definition) is 1. The maximum absolute atomic E-state index is 12.5. The van der Waals surface area contributed by atoms with Gasteiger partial charge in [-0.3, -0.25) is 5.32 Å². The second kappa shape index (κ2) is 7.65. The number of amides is 1. The zero-order valence-corrected chi connectivity index (χ0v) is 14.0. The smallest absolute Gasteiger partial charge is 0.411 e. The Hall–Kier alpha value is -1.80. The quantitative estimate of drug-likeness (QED) is 0.826. The first-order valence-corrected chi connectivity index (χ1v) is 8.84. The van der Waals surface area contributed by atoms with Crippen LogP contribution >= 0.6 is 0 Å². The lowest BCUT2D eigenvalue weighted by Crippen LogP contribution is -2.40. The summed E-state index contributed by atoms with van der Waals surface area (Å²) >= 11 is 0. The summed E-state index contributed by atoms with van der Waals surface area (Å²) in [6.45, 7) is 0. The van der Waals surface area contributed by atoms with E-state index in [4.69, 9.17) is 8.92 Å². The monoisotopic (exact) mass is 343 g/mol. The van der Waals surface area contributed by atoms with E-state index in [0.717, 1.165) is 12.8 Å². The van der Waals surface area contributed by atoms with Crippen LogP contribution in [0.4, 0.5) is 10.5 Å². The summed E-state index contributed by atoms with van der Waals surface area (Å²) in [6.07, 6.45) is 2.00. The van der Waals surface area contributed by atoms with Gasteiger partial charge in [-0.2, -0.15) is 8.42 Å². The van der Waals surface area contributed by atoms with Crippen LogP contribution in [0.5, 0.6) is 5.75 Å². The normalized spacial score (nSPS) is 21.5. The Bertz CT molecular complexity index is 645. The third-order valence-electron chi connectivity index (χ3n) is 3.79. The number of benzene rings is 1. The zero-order chi connectivity index (χ0) is 16.9. The number of carbonyl (C=O) groups excluding carboxylic acids is 1. The first-order chi connectivity index (χ1) is 11.0. The summed E-state index contributed by atoms with van der Waals surface area (Å²) in [5.74, 6) is 0.138. The van der Waals surface area contributed by atoms with Crippen molar-refractivity contribution in [2.24, 2.45) is 0 Å². The predicted octanol–water partition coefficient (Wildman–Crippen LogP) is 2.53. The molecular weight excluding hydrogens is 322 g/mol. The Morgan fingerprint density at radius 3 is 2.65 bits per heavy atom. The standard InChI is InChI=1S/C15H21NO6S/c1-20-13-8-3-4-9-14(13)23(18,19)22-12-7-5-6-11(10-12)16-15(17)21-2/h5-7,10,13-14H,3-4,8-9H2,1-2H3,(H,16,17)/t13-,14+/m0/s1. The van der Waals surface area contributed by atoms with Gasteiger partial charge in [0.2, 0.25) is 0 Å². The summed E-state index contributed by atoms with van der Waals surface area (Å²) in [4.78, 5) is 11.2. The molecule has 23 heavy (non-hydrogen) atoms. The fourth-order valence-electron chi connectivity index (χ4n) is 2.65. The summed E-state index contributed by atoms with van der Waals surface area (Å²) in [5.41, 5.74) is 0.386. The van der Waals surface area contributed by atoms with Crippen molar-refractivity contribution < 1.29 is 26.9 Å². The van der Waals surface area contributed by atoms with Crippen LogP contribution < -0.4 is 9.50 Å². The lowest BCUT2D eigenvalue weighted by atomic mass is 9.97. The molecule has 1 amide bonds. The van der Waals surface area contributed by atoms with E-state index in [2.05, 4.69) is 10.1 Å². The molecule has 0 spiro atoms. The molecule has 0 saturated heterocycles. The van der Waals surface area contributed by atoms with Gasteiger partial charge in [0, 0.05) is 18.9 Å². The topological polar surface area (TPSA) is 90.9 Å². The zero-order valence-electron chi connectivity index (χ0n) is 13.2.